The number of pyridine rings is 2. The molecule has 0 bridgehead atoms. The SMILES string of the molecule is CNC(=O)n1ccc(N2CCCc3cc(C(O)N4CCCCCC4)cnc32)cc1=N. The van der Waals surface area contributed by atoms with Crippen LogP contribution in [0.15, 0.2) is 30.6 Å². The molecule has 8 heteroatoms. The van der Waals surface area contributed by atoms with E-state index < -0.39 is 6.23 Å². The number of hydrogen-bond donors (Lipinski definition) is 3. The van der Waals surface area contributed by atoms with Crippen LogP contribution in [0.2, 0.25) is 0 Å². The molecule has 1 atom stereocenters. The smallest absolute Gasteiger partial charge is 0.326 e. The van der Waals surface area contributed by atoms with Crippen LogP contribution < -0.4 is 15.7 Å². The Morgan fingerprint density at radius 2 is 1.93 bits per heavy atom. The Morgan fingerprint density at radius 3 is 2.63 bits per heavy atom. The molecule has 2 aliphatic rings. The number of aliphatic hydroxyl groups excluding tert-OH is 1. The second-order valence-electron chi connectivity index (χ2n) is 8.03. The third-order valence-electron chi connectivity index (χ3n) is 6.02. The highest BCUT2D eigenvalue weighted by molar-refractivity contribution is 5.76. The first kappa shape index (κ1) is 20.6. The summed E-state index contributed by atoms with van der Waals surface area (Å²) in [6.45, 7) is 2.65. The molecular weight excluding hydrogens is 380 g/mol. The number of carbonyl (C=O) groups is 1. The summed E-state index contributed by atoms with van der Waals surface area (Å²) in [4.78, 5) is 20.8. The van der Waals surface area contributed by atoms with Gasteiger partial charge in [-0.2, -0.15) is 0 Å². The van der Waals surface area contributed by atoms with Crippen molar-refractivity contribution in [3.63, 3.8) is 0 Å². The van der Waals surface area contributed by atoms with Gasteiger partial charge < -0.3 is 15.3 Å². The number of hydrogen-bond acceptors (Lipinski definition) is 6. The predicted molar refractivity (Wildman–Crippen MR) is 115 cm³/mol. The summed E-state index contributed by atoms with van der Waals surface area (Å²) < 4.78 is 1.27. The number of nitrogens with one attached hydrogen (secondary N) is 2. The zero-order valence-electron chi connectivity index (χ0n) is 17.5. The Hall–Kier alpha value is -2.71. The minimum Gasteiger partial charge on any atom is -0.374 e. The van der Waals surface area contributed by atoms with Gasteiger partial charge in [0.25, 0.3) is 0 Å². The van der Waals surface area contributed by atoms with Crippen LogP contribution in [0.3, 0.4) is 0 Å². The van der Waals surface area contributed by atoms with Crippen LogP contribution in [0.5, 0.6) is 0 Å². The van der Waals surface area contributed by atoms with Crippen molar-refractivity contribution >= 4 is 17.5 Å². The summed E-state index contributed by atoms with van der Waals surface area (Å²) in [5.41, 5.74) is 2.92. The summed E-state index contributed by atoms with van der Waals surface area (Å²) in [6, 6.07) is 5.27. The van der Waals surface area contributed by atoms with Crippen molar-refractivity contribution < 1.29 is 9.90 Å². The second kappa shape index (κ2) is 8.97. The molecule has 0 radical (unpaired) electrons. The minimum absolute atomic E-state index is 0.118. The zero-order chi connectivity index (χ0) is 21.1. The van der Waals surface area contributed by atoms with Gasteiger partial charge in [-0.05, 0) is 43.4 Å². The molecule has 160 valence electrons. The molecule has 0 spiro atoms. The molecule has 1 fully saturated rings. The van der Waals surface area contributed by atoms with E-state index in [0.717, 1.165) is 67.9 Å². The van der Waals surface area contributed by atoms with Gasteiger partial charge in [-0.25, -0.2) is 9.78 Å². The molecule has 3 N–H and O–H groups in total. The minimum atomic E-state index is -0.612. The lowest BCUT2D eigenvalue weighted by Gasteiger charge is -2.32. The summed E-state index contributed by atoms with van der Waals surface area (Å²) >= 11 is 0. The maximum Gasteiger partial charge on any atom is 0.326 e. The third-order valence-corrected chi connectivity index (χ3v) is 6.02. The highest BCUT2D eigenvalue weighted by Crippen LogP contribution is 2.33. The van der Waals surface area contributed by atoms with E-state index >= 15 is 0 Å². The van der Waals surface area contributed by atoms with Gasteiger partial charge >= 0.3 is 6.03 Å². The van der Waals surface area contributed by atoms with Gasteiger partial charge in [0.15, 0.2) is 0 Å². The van der Waals surface area contributed by atoms with Crippen molar-refractivity contribution in [1.82, 2.24) is 19.8 Å². The normalized spacial score (nSPS) is 18.4. The standard InChI is InChI=1S/C22H30N6O2/c1-24-22(30)28-12-8-18(14-19(28)23)27-11-6-7-16-13-17(15-25-20(16)27)21(29)26-9-4-2-3-5-10-26/h8,12-15,21,23,29H,2-7,9-11H2,1H3,(H,24,30). The molecule has 1 unspecified atom stereocenters. The van der Waals surface area contributed by atoms with E-state index in [1.807, 2.05) is 6.07 Å². The number of likely N-dealkylation sites (tertiary alicyclic amines) is 1. The molecule has 2 aromatic rings. The van der Waals surface area contributed by atoms with Crippen LogP contribution in [-0.2, 0) is 6.42 Å². The highest BCUT2D eigenvalue weighted by atomic mass is 16.3. The Labute approximate surface area is 176 Å². The first-order valence-electron chi connectivity index (χ1n) is 10.8. The number of carbonyl (C=O) groups excluding carboxylic acids is 1. The second-order valence-corrected chi connectivity index (χ2v) is 8.03. The monoisotopic (exact) mass is 410 g/mol. The molecule has 0 aromatic carbocycles. The van der Waals surface area contributed by atoms with Crippen molar-refractivity contribution in [2.75, 3.05) is 31.6 Å². The van der Waals surface area contributed by atoms with E-state index in [4.69, 9.17) is 10.4 Å². The van der Waals surface area contributed by atoms with Crippen LogP contribution in [-0.4, -0.2) is 52.3 Å². The molecule has 0 saturated carbocycles. The topological polar surface area (TPSA) is 97.5 Å². The number of aliphatic hydroxyl groups is 1. The summed E-state index contributed by atoms with van der Waals surface area (Å²) in [5, 5.41) is 21.6. The molecule has 8 nitrogen and oxygen atoms in total. The summed E-state index contributed by atoms with van der Waals surface area (Å²) in [7, 11) is 1.55. The van der Waals surface area contributed by atoms with Crippen LogP contribution in [0.1, 0.15) is 49.5 Å². The average molecular weight is 411 g/mol. The van der Waals surface area contributed by atoms with E-state index in [-0.39, 0.29) is 11.5 Å². The van der Waals surface area contributed by atoms with Gasteiger partial charge in [0, 0.05) is 56.4 Å². The molecule has 30 heavy (non-hydrogen) atoms. The van der Waals surface area contributed by atoms with Crippen LogP contribution in [0, 0.1) is 5.41 Å². The summed E-state index contributed by atoms with van der Waals surface area (Å²) in [6.07, 6.45) is 9.38. The van der Waals surface area contributed by atoms with Crippen LogP contribution in [0.4, 0.5) is 16.3 Å². The molecule has 1 amide bonds. The lowest BCUT2D eigenvalue weighted by Crippen LogP contribution is -2.34. The maximum atomic E-state index is 11.9. The van der Waals surface area contributed by atoms with Crippen molar-refractivity contribution in [3.8, 4) is 0 Å². The first-order chi connectivity index (χ1) is 14.6. The van der Waals surface area contributed by atoms with E-state index in [9.17, 15) is 9.90 Å². The Bertz CT molecular complexity index is 964. The number of nitrogens with zero attached hydrogens (tertiary/aromatic N) is 4. The quantitative estimate of drug-likeness (QED) is 0.722. The molecule has 4 heterocycles. The fourth-order valence-corrected chi connectivity index (χ4v) is 4.38. The van der Waals surface area contributed by atoms with Crippen molar-refractivity contribution in [3.05, 3.63) is 47.2 Å². The number of aryl methyl sites for hydroxylation is 1. The van der Waals surface area contributed by atoms with Gasteiger partial charge in [-0.3, -0.25) is 14.9 Å². The van der Waals surface area contributed by atoms with E-state index in [1.54, 1.807) is 25.5 Å². The van der Waals surface area contributed by atoms with Gasteiger partial charge in [-0.15, -0.1) is 0 Å². The third kappa shape index (κ3) is 4.11. The summed E-state index contributed by atoms with van der Waals surface area (Å²) in [5.74, 6) is 0.866. The van der Waals surface area contributed by atoms with Gasteiger partial charge in [0.2, 0.25) is 0 Å². The molecule has 2 aliphatic heterocycles. The van der Waals surface area contributed by atoms with Crippen LogP contribution >= 0.6 is 0 Å². The van der Waals surface area contributed by atoms with E-state index in [0.29, 0.717) is 0 Å². The fourth-order valence-electron chi connectivity index (χ4n) is 4.38. The zero-order valence-corrected chi connectivity index (χ0v) is 17.5. The molecule has 1 saturated heterocycles. The molecular formula is C22H30N6O2. The largest absolute Gasteiger partial charge is 0.374 e. The van der Waals surface area contributed by atoms with Crippen molar-refractivity contribution in [1.29, 1.82) is 5.41 Å². The molecule has 2 aromatic heterocycles. The van der Waals surface area contributed by atoms with Crippen molar-refractivity contribution in [2.45, 2.75) is 44.8 Å². The highest BCUT2D eigenvalue weighted by Gasteiger charge is 2.24. The molecule has 0 aliphatic carbocycles. The first-order valence-corrected chi connectivity index (χ1v) is 10.8. The number of aromatic nitrogens is 2. The Balaban J connectivity index is 1.60. The van der Waals surface area contributed by atoms with E-state index in [2.05, 4.69) is 21.2 Å². The number of fused-ring (bicyclic) bond motifs is 1. The Morgan fingerprint density at radius 1 is 1.17 bits per heavy atom. The number of anilines is 2. The van der Waals surface area contributed by atoms with Gasteiger partial charge in [0.05, 0.1) is 0 Å². The fraction of sp³-hybridized carbons (Fsp3) is 0.500. The predicted octanol–water partition coefficient (Wildman–Crippen LogP) is 2.50. The van der Waals surface area contributed by atoms with E-state index in [1.165, 1.54) is 17.4 Å². The molecule has 4 rings (SSSR count). The lowest BCUT2D eigenvalue weighted by molar-refractivity contribution is 0.00379. The van der Waals surface area contributed by atoms with Crippen LogP contribution in [0.25, 0.3) is 0 Å². The average Bonchev–Trinajstić information content (AvgIpc) is 3.07. The maximum absolute atomic E-state index is 11.9. The van der Waals surface area contributed by atoms with Crippen molar-refractivity contribution in [2.24, 2.45) is 0 Å². The number of rotatable bonds is 3. The Kier molecular flexibility index (Phi) is 6.15. The number of amides is 1. The lowest BCUT2D eigenvalue weighted by atomic mass is 10.0. The van der Waals surface area contributed by atoms with Gasteiger partial charge in [0.1, 0.15) is 17.5 Å². The van der Waals surface area contributed by atoms with Gasteiger partial charge in [-0.1, -0.05) is 12.8 Å².